The number of anilines is 1. The molecule has 4 rings (SSSR count). The number of thiazole rings is 1. The van der Waals surface area contributed by atoms with Gasteiger partial charge in [0.1, 0.15) is 21.8 Å². The molecular weight excluding hydrogens is 388 g/mol. The van der Waals surface area contributed by atoms with E-state index < -0.39 is 0 Å². The lowest BCUT2D eigenvalue weighted by atomic mass is 10.2. The molecule has 0 saturated carbocycles. The van der Waals surface area contributed by atoms with Crippen LogP contribution in [0.2, 0.25) is 0 Å². The quantitative estimate of drug-likeness (QED) is 0.555. The number of aromatic nitrogens is 2. The van der Waals surface area contributed by atoms with Gasteiger partial charge in [-0.3, -0.25) is 4.79 Å². The molecule has 0 atom stereocenters. The Morgan fingerprint density at radius 3 is 2.59 bits per heavy atom. The van der Waals surface area contributed by atoms with Crippen LogP contribution >= 0.6 is 11.3 Å². The fraction of sp³-hybridized carbons (Fsp3) is 0.381. The lowest BCUT2D eigenvalue weighted by Gasteiger charge is -2.34. The van der Waals surface area contributed by atoms with Crippen molar-refractivity contribution < 1.29 is 14.3 Å². The van der Waals surface area contributed by atoms with E-state index in [1.807, 2.05) is 41.3 Å². The van der Waals surface area contributed by atoms with E-state index in [9.17, 15) is 4.79 Å². The van der Waals surface area contributed by atoms with Crippen molar-refractivity contribution >= 4 is 32.7 Å². The third-order valence-corrected chi connectivity index (χ3v) is 5.96. The first kappa shape index (κ1) is 19.4. The van der Waals surface area contributed by atoms with Gasteiger partial charge in [-0.2, -0.15) is 0 Å². The summed E-state index contributed by atoms with van der Waals surface area (Å²) >= 11 is 1.61. The summed E-state index contributed by atoms with van der Waals surface area (Å²) < 4.78 is 10.8. The molecule has 3 aromatic rings. The molecule has 1 amide bonds. The van der Waals surface area contributed by atoms with Crippen LogP contribution in [0.25, 0.3) is 10.3 Å². The maximum absolute atomic E-state index is 12.5. The first-order chi connectivity index (χ1) is 14.2. The van der Waals surface area contributed by atoms with Crippen molar-refractivity contribution in [3.8, 4) is 11.5 Å². The average Bonchev–Trinajstić information content (AvgIpc) is 3.21. The number of amides is 1. The molecule has 0 unspecified atom stereocenters. The predicted octanol–water partition coefficient (Wildman–Crippen LogP) is 3.21. The molecule has 1 aromatic carbocycles. The van der Waals surface area contributed by atoms with E-state index in [4.69, 9.17) is 9.47 Å². The highest BCUT2D eigenvalue weighted by atomic mass is 32.1. The second-order valence-electron chi connectivity index (χ2n) is 6.82. The summed E-state index contributed by atoms with van der Waals surface area (Å²) in [6.07, 6.45) is 3.00. The zero-order valence-corrected chi connectivity index (χ0v) is 17.2. The van der Waals surface area contributed by atoms with Gasteiger partial charge in [-0.1, -0.05) is 11.3 Å². The van der Waals surface area contributed by atoms with E-state index in [-0.39, 0.29) is 5.91 Å². The normalized spacial score (nSPS) is 14.2. The summed E-state index contributed by atoms with van der Waals surface area (Å²) in [5, 5.41) is 0.985. The number of benzene rings is 1. The van der Waals surface area contributed by atoms with Gasteiger partial charge in [-0.25, -0.2) is 9.97 Å². The van der Waals surface area contributed by atoms with Crippen molar-refractivity contribution in [3.05, 3.63) is 42.6 Å². The molecule has 152 valence electrons. The van der Waals surface area contributed by atoms with Crippen molar-refractivity contribution in [2.45, 2.75) is 12.8 Å². The molecule has 3 heterocycles. The maximum Gasteiger partial charge on any atom is 0.222 e. The van der Waals surface area contributed by atoms with E-state index >= 15 is 0 Å². The number of carbonyl (C=O) groups is 1. The lowest BCUT2D eigenvalue weighted by molar-refractivity contribution is -0.131. The highest BCUT2D eigenvalue weighted by Gasteiger charge is 2.23. The zero-order chi connectivity index (χ0) is 20.1. The van der Waals surface area contributed by atoms with Gasteiger partial charge in [0.15, 0.2) is 5.13 Å². The van der Waals surface area contributed by atoms with E-state index in [1.54, 1.807) is 24.6 Å². The Labute approximate surface area is 173 Å². The smallest absolute Gasteiger partial charge is 0.222 e. The second-order valence-corrected chi connectivity index (χ2v) is 7.78. The Bertz CT molecular complexity index is 919. The molecule has 0 spiro atoms. The van der Waals surface area contributed by atoms with Crippen LogP contribution in [0.3, 0.4) is 0 Å². The van der Waals surface area contributed by atoms with Crippen LogP contribution in [0.4, 0.5) is 5.13 Å². The van der Waals surface area contributed by atoms with Crippen molar-refractivity contribution in [2.24, 2.45) is 0 Å². The minimum absolute atomic E-state index is 0.189. The van der Waals surface area contributed by atoms with Crippen LogP contribution in [0.1, 0.15) is 12.8 Å². The zero-order valence-electron chi connectivity index (χ0n) is 16.4. The molecule has 2 aromatic heterocycles. The summed E-state index contributed by atoms with van der Waals surface area (Å²) in [6.45, 7) is 3.57. The van der Waals surface area contributed by atoms with Gasteiger partial charge in [0.25, 0.3) is 0 Å². The third kappa shape index (κ3) is 4.76. The lowest BCUT2D eigenvalue weighted by Crippen LogP contribution is -2.48. The van der Waals surface area contributed by atoms with Gasteiger partial charge in [0, 0.05) is 38.8 Å². The monoisotopic (exact) mass is 412 g/mol. The molecule has 1 aliphatic heterocycles. The van der Waals surface area contributed by atoms with Crippen molar-refractivity contribution in [1.29, 1.82) is 0 Å². The highest BCUT2D eigenvalue weighted by Crippen LogP contribution is 2.27. The molecule has 0 N–H and O–H groups in total. The minimum atomic E-state index is 0.189. The highest BCUT2D eigenvalue weighted by molar-refractivity contribution is 7.21. The standard InChI is InChI=1S/C21H24N4O3S/c1-27-16-6-8-17(9-7-16)28-15-3-5-19(26)24-11-13-25(14-12-24)21-23-18-4-2-10-22-20(18)29-21/h2,4,6-10H,3,5,11-15H2,1H3. The fourth-order valence-corrected chi connectivity index (χ4v) is 4.24. The second kappa shape index (κ2) is 9.09. The van der Waals surface area contributed by atoms with E-state index in [0.717, 1.165) is 53.2 Å². The van der Waals surface area contributed by atoms with Crippen LogP contribution in [-0.4, -0.2) is 60.7 Å². The van der Waals surface area contributed by atoms with Crippen molar-refractivity contribution in [3.63, 3.8) is 0 Å². The van der Waals surface area contributed by atoms with Gasteiger partial charge < -0.3 is 19.3 Å². The molecule has 1 fully saturated rings. The van der Waals surface area contributed by atoms with Crippen molar-refractivity contribution in [2.75, 3.05) is 44.8 Å². The molecule has 8 heteroatoms. The Hall–Kier alpha value is -2.87. The number of nitrogens with zero attached hydrogens (tertiary/aromatic N) is 4. The molecule has 0 bridgehead atoms. The largest absolute Gasteiger partial charge is 0.497 e. The molecule has 1 aliphatic rings. The predicted molar refractivity (Wildman–Crippen MR) is 114 cm³/mol. The van der Waals surface area contributed by atoms with E-state index in [0.29, 0.717) is 19.4 Å². The summed E-state index contributed by atoms with van der Waals surface area (Å²) in [4.78, 5) is 26.6. The van der Waals surface area contributed by atoms with E-state index in [2.05, 4.69) is 14.9 Å². The molecule has 7 nitrogen and oxygen atoms in total. The first-order valence-corrected chi connectivity index (χ1v) is 10.6. The topological polar surface area (TPSA) is 67.8 Å². The number of ether oxygens (including phenoxy) is 2. The van der Waals surface area contributed by atoms with Crippen molar-refractivity contribution in [1.82, 2.24) is 14.9 Å². The number of carbonyl (C=O) groups excluding carboxylic acids is 1. The minimum Gasteiger partial charge on any atom is -0.497 e. The first-order valence-electron chi connectivity index (χ1n) is 9.74. The Balaban J connectivity index is 1.19. The summed E-state index contributed by atoms with van der Waals surface area (Å²) in [6, 6.07) is 11.4. The number of methoxy groups -OCH3 is 1. The van der Waals surface area contributed by atoms with Crippen LogP contribution in [0.5, 0.6) is 11.5 Å². The number of piperazine rings is 1. The number of hydrogen-bond donors (Lipinski definition) is 0. The summed E-state index contributed by atoms with van der Waals surface area (Å²) in [5.41, 5.74) is 0.933. The van der Waals surface area contributed by atoms with Crippen LogP contribution < -0.4 is 14.4 Å². The number of pyridine rings is 1. The average molecular weight is 413 g/mol. The fourth-order valence-electron chi connectivity index (χ4n) is 3.28. The van der Waals surface area contributed by atoms with Gasteiger partial charge in [-0.05, 0) is 42.8 Å². The Kier molecular flexibility index (Phi) is 6.09. The van der Waals surface area contributed by atoms with E-state index in [1.165, 1.54) is 0 Å². The third-order valence-electron chi connectivity index (χ3n) is 4.92. The summed E-state index contributed by atoms with van der Waals surface area (Å²) in [7, 11) is 1.64. The van der Waals surface area contributed by atoms with Crippen LogP contribution in [-0.2, 0) is 4.79 Å². The molecule has 0 radical (unpaired) electrons. The molecular formula is C21H24N4O3S. The van der Waals surface area contributed by atoms with Crippen LogP contribution in [0, 0.1) is 0 Å². The maximum atomic E-state index is 12.5. The van der Waals surface area contributed by atoms with Gasteiger partial charge in [-0.15, -0.1) is 0 Å². The molecule has 29 heavy (non-hydrogen) atoms. The number of rotatable bonds is 7. The Morgan fingerprint density at radius 2 is 1.86 bits per heavy atom. The van der Waals surface area contributed by atoms with Crippen LogP contribution in [0.15, 0.2) is 42.6 Å². The molecule has 1 saturated heterocycles. The van der Waals surface area contributed by atoms with Gasteiger partial charge in [0.2, 0.25) is 5.91 Å². The van der Waals surface area contributed by atoms with Gasteiger partial charge in [0.05, 0.1) is 13.7 Å². The number of fused-ring (bicyclic) bond motifs is 1. The SMILES string of the molecule is COc1ccc(OCCCC(=O)N2CCN(c3nc4cccnc4s3)CC2)cc1. The molecule has 0 aliphatic carbocycles. The Morgan fingerprint density at radius 1 is 1.10 bits per heavy atom. The number of hydrogen-bond acceptors (Lipinski definition) is 7. The summed E-state index contributed by atoms with van der Waals surface area (Å²) in [5.74, 6) is 1.78. The van der Waals surface area contributed by atoms with Gasteiger partial charge >= 0.3 is 0 Å².